The summed E-state index contributed by atoms with van der Waals surface area (Å²) in [6.45, 7) is 3.64. The molecule has 1 aromatic rings. The fraction of sp³-hybridized carbons (Fsp3) is 0.500. The maximum absolute atomic E-state index is 11.3. The van der Waals surface area contributed by atoms with Crippen LogP contribution in [0.2, 0.25) is 0 Å². The average molecular weight is 254 g/mol. The smallest absolute Gasteiger partial charge is 0.319 e. The van der Waals surface area contributed by atoms with E-state index in [1.165, 1.54) is 0 Å². The van der Waals surface area contributed by atoms with Gasteiger partial charge in [0.1, 0.15) is 10.6 Å². The molecule has 94 valence electrons. The number of hydrogen-bond donors (Lipinski definition) is 3. The molecule has 0 radical (unpaired) electrons. The average Bonchev–Trinajstić information content (AvgIpc) is 2.27. The van der Waals surface area contributed by atoms with Gasteiger partial charge < -0.3 is 10.8 Å². The molecule has 0 aliphatic rings. The van der Waals surface area contributed by atoms with E-state index in [0.29, 0.717) is 5.82 Å². The largest absolute Gasteiger partial charge is 0.480 e. The summed E-state index contributed by atoms with van der Waals surface area (Å²) in [7, 11) is 0. The summed E-state index contributed by atoms with van der Waals surface area (Å²) in [5, 5.41) is 9.23. The van der Waals surface area contributed by atoms with Gasteiger partial charge in [-0.15, -0.1) is 0 Å². The number of thiol groups is 1. The van der Waals surface area contributed by atoms with E-state index in [2.05, 4.69) is 17.6 Å². The van der Waals surface area contributed by atoms with Crippen LogP contribution in [0.5, 0.6) is 0 Å². The molecule has 0 aliphatic heterocycles. The Morgan fingerprint density at radius 1 is 1.65 bits per heavy atom. The molecule has 17 heavy (non-hydrogen) atoms. The molecule has 3 N–H and O–H groups in total. The van der Waals surface area contributed by atoms with Gasteiger partial charge in [-0.1, -0.05) is 19.4 Å². The molecular formula is C12H18N2O2S. The van der Waals surface area contributed by atoms with Crippen LogP contribution in [0.1, 0.15) is 38.2 Å². The van der Waals surface area contributed by atoms with Crippen LogP contribution < -0.4 is 5.73 Å². The van der Waals surface area contributed by atoms with Crippen LogP contribution in [-0.2, 0) is 4.79 Å². The third kappa shape index (κ3) is 3.12. The van der Waals surface area contributed by atoms with Crippen molar-refractivity contribution in [1.82, 2.24) is 4.98 Å². The molecule has 0 saturated heterocycles. The lowest BCUT2D eigenvalue weighted by Crippen LogP contribution is -2.36. The summed E-state index contributed by atoms with van der Waals surface area (Å²) in [6.07, 6.45) is 3.27. The number of aliphatic carboxylic acids is 1. The first-order chi connectivity index (χ1) is 7.89. The van der Waals surface area contributed by atoms with Crippen LogP contribution >= 0.6 is 12.6 Å². The van der Waals surface area contributed by atoms with E-state index in [-0.39, 0.29) is 5.92 Å². The molecule has 0 aliphatic carbocycles. The van der Waals surface area contributed by atoms with Crippen molar-refractivity contribution in [2.75, 3.05) is 5.73 Å². The van der Waals surface area contributed by atoms with E-state index in [1.807, 2.05) is 13.0 Å². The lowest BCUT2D eigenvalue weighted by atomic mass is 9.84. The number of carboxylic acids is 1. The Bertz CT molecular complexity index is 390. The van der Waals surface area contributed by atoms with Crippen molar-refractivity contribution >= 4 is 24.4 Å². The standard InChI is InChI=1S/C12H18N2O2S/c1-3-4-9(12(2,17)11(15)16)8-5-6-10(13)14-7-8/h5-7,9,17H,3-4H2,1-2H3,(H2,13,14)(H,15,16). The fourth-order valence-corrected chi connectivity index (χ4v) is 2.11. The van der Waals surface area contributed by atoms with E-state index < -0.39 is 10.7 Å². The first-order valence-corrected chi connectivity index (χ1v) is 6.01. The van der Waals surface area contributed by atoms with Crippen molar-refractivity contribution in [2.24, 2.45) is 0 Å². The highest BCUT2D eigenvalue weighted by atomic mass is 32.1. The number of nitrogens with zero attached hydrogens (tertiary/aromatic N) is 1. The minimum absolute atomic E-state index is 0.179. The molecule has 1 rings (SSSR count). The van der Waals surface area contributed by atoms with E-state index in [1.54, 1.807) is 19.2 Å². The zero-order chi connectivity index (χ0) is 13.1. The maximum Gasteiger partial charge on any atom is 0.319 e. The number of aromatic nitrogens is 1. The second-order valence-electron chi connectivity index (χ2n) is 4.31. The Labute approximate surface area is 107 Å². The van der Waals surface area contributed by atoms with Crippen LogP contribution in [0.15, 0.2) is 18.3 Å². The summed E-state index contributed by atoms with van der Waals surface area (Å²) >= 11 is 4.29. The zero-order valence-corrected chi connectivity index (χ0v) is 10.9. The highest BCUT2D eigenvalue weighted by molar-refractivity contribution is 7.82. The number of carboxylic acid groups (broad SMARTS) is 1. The predicted octanol–water partition coefficient (Wildman–Crippen LogP) is 2.32. The fourth-order valence-electron chi connectivity index (χ4n) is 1.83. The molecule has 1 heterocycles. The van der Waals surface area contributed by atoms with Crippen LogP contribution in [0.3, 0.4) is 0 Å². The van der Waals surface area contributed by atoms with Crippen molar-refractivity contribution in [3.8, 4) is 0 Å². The molecule has 0 aromatic carbocycles. The Kier molecular flexibility index (Phi) is 4.40. The van der Waals surface area contributed by atoms with Gasteiger partial charge in [-0.2, -0.15) is 12.6 Å². The number of nitrogen functional groups attached to an aromatic ring is 1. The predicted molar refractivity (Wildman–Crippen MR) is 71.3 cm³/mol. The molecule has 4 nitrogen and oxygen atoms in total. The molecule has 5 heteroatoms. The van der Waals surface area contributed by atoms with E-state index in [0.717, 1.165) is 18.4 Å². The molecular weight excluding hydrogens is 236 g/mol. The molecule has 0 fully saturated rings. The molecule has 2 atom stereocenters. The first-order valence-electron chi connectivity index (χ1n) is 5.56. The molecule has 0 saturated carbocycles. The van der Waals surface area contributed by atoms with Gasteiger partial charge in [0.25, 0.3) is 0 Å². The Morgan fingerprint density at radius 3 is 2.71 bits per heavy atom. The zero-order valence-electron chi connectivity index (χ0n) is 10.1. The van der Waals surface area contributed by atoms with Gasteiger partial charge >= 0.3 is 5.97 Å². The highest BCUT2D eigenvalue weighted by Gasteiger charge is 2.38. The van der Waals surface area contributed by atoms with E-state index in [9.17, 15) is 9.90 Å². The first kappa shape index (κ1) is 13.8. The summed E-state index contributed by atoms with van der Waals surface area (Å²) in [4.78, 5) is 15.3. The summed E-state index contributed by atoms with van der Waals surface area (Å²) in [6, 6.07) is 3.50. The second kappa shape index (κ2) is 5.40. The lowest BCUT2D eigenvalue weighted by molar-refractivity contribution is -0.140. The van der Waals surface area contributed by atoms with Crippen molar-refractivity contribution in [1.29, 1.82) is 0 Å². The number of anilines is 1. The SMILES string of the molecule is CCCC(c1ccc(N)nc1)C(C)(S)C(=O)O. The van der Waals surface area contributed by atoms with Gasteiger partial charge in [0.15, 0.2) is 0 Å². The van der Waals surface area contributed by atoms with Gasteiger partial charge in [0.2, 0.25) is 0 Å². The molecule has 2 unspecified atom stereocenters. The topological polar surface area (TPSA) is 76.2 Å². The minimum Gasteiger partial charge on any atom is -0.480 e. The van der Waals surface area contributed by atoms with Crippen LogP contribution in [0.4, 0.5) is 5.82 Å². The number of rotatable bonds is 5. The van der Waals surface area contributed by atoms with Crippen molar-refractivity contribution < 1.29 is 9.90 Å². The van der Waals surface area contributed by atoms with Gasteiger partial charge in [0.05, 0.1) is 0 Å². The highest BCUT2D eigenvalue weighted by Crippen LogP contribution is 2.37. The van der Waals surface area contributed by atoms with Crippen LogP contribution in [0, 0.1) is 0 Å². The van der Waals surface area contributed by atoms with E-state index >= 15 is 0 Å². The molecule has 0 amide bonds. The number of pyridine rings is 1. The lowest BCUT2D eigenvalue weighted by Gasteiger charge is -2.29. The maximum atomic E-state index is 11.3. The minimum atomic E-state index is -1.10. The molecule has 0 spiro atoms. The summed E-state index contributed by atoms with van der Waals surface area (Å²) < 4.78 is -1.10. The van der Waals surface area contributed by atoms with Crippen LogP contribution in [0.25, 0.3) is 0 Å². The van der Waals surface area contributed by atoms with Crippen molar-refractivity contribution in [2.45, 2.75) is 37.4 Å². The molecule has 1 aromatic heterocycles. The molecule has 0 bridgehead atoms. The number of carbonyl (C=O) groups is 1. The summed E-state index contributed by atoms with van der Waals surface area (Å²) in [5.41, 5.74) is 6.39. The van der Waals surface area contributed by atoms with Gasteiger partial charge in [0, 0.05) is 12.1 Å². The Hall–Kier alpha value is -1.23. The third-order valence-electron chi connectivity index (χ3n) is 2.90. The normalized spacial score (nSPS) is 16.2. The van der Waals surface area contributed by atoms with Crippen molar-refractivity contribution in [3.05, 3.63) is 23.9 Å². The summed E-state index contributed by atoms with van der Waals surface area (Å²) in [5.74, 6) is -0.669. The third-order valence-corrected chi connectivity index (χ3v) is 3.40. The monoisotopic (exact) mass is 254 g/mol. The second-order valence-corrected chi connectivity index (χ2v) is 5.24. The van der Waals surface area contributed by atoms with Gasteiger partial charge in [-0.25, -0.2) is 4.98 Å². The van der Waals surface area contributed by atoms with Crippen molar-refractivity contribution in [3.63, 3.8) is 0 Å². The quantitative estimate of drug-likeness (QED) is 0.705. The number of nitrogens with two attached hydrogens (primary N) is 1. The Morgan fingerprint density at radius 2 is 2.29 bits per heavy atom. The Balaban J connectivity index is 3.08. The van der Waals surface area contributed by atoms with Gasteiger partial charge in [-0.3, -0.25) is 4.79 Å². The van der Waals surface area contributed by atoms with E-state index in [4.69, 9.17) is 5.73 Å². The van der Waals surface area contributed by atoms with Crippen LogP contribution in [-0.4, -0.2) is 20.8 Å². The van der Waals surface area contributed by atoms with Gasteiger partial charge in [-0.05, 0) is 25.0 Å². The number of hydrogen-bond acceptors (Lipinski definition) is 4.